The van der Waals surface area contributed by atoms with Gasteiger partial charge in [-0.2, -0.15) is 0 Å². The monoisotopic (exact) mass is 575 g/mol. The number of rotatable bonds is 14. The minimum absolute atomic E-state index is 0.0522. The number of carbonyl (C=O) groups excluding carboxylic acids is 2. The molecular weight excluding hydrogens is 541 g/mol. The molecule has 1 fully saturated rings. The van der Waals surface area contributed by atoms with Crippen molar-refractivity contribution >= 4 is 36.7 Å². The average Bonchev–Trinajstić information content (AvgIpc) is 3.44. The van der Waals surface area contributed by atoms with Gasteiger partial charge in [0.05, 0.1) is 12.9 Å². The number of hydrogen-bond donors (Lipinski definition) is 6. The van der Waals surface area contributed by atoms with E-state index < -0.39 is 56.9 Å². The van der Waals surface area contributed by atoms with E-state index in [1.807, 2.05) is 6.92 Å². The van der Waals surface area contributed by atoms with Crippen molar-refractivity contribution in [3.8, 4) is 0 Å². The van der Waals surface area contributed by atoms with Crippen molar-refractivity contribution in [3.63, 3.8) is 0 Å². The number of aliphatic hydroxyl groups excluding tert-OH is 2. The average molecular weight is 576 g/mol. The molecule has 3 rings (SSSR count). The largest absolute Gasteiger partial charge is 0.529 e. The first-order valence-electron chi connectivity index (χ1n) is 12.3. The number of aliphatic hydroxyl groups is 2. The summed E-state index contributed by atoms with van der Waals surface area (Å²) in [6.45, 7) is 1.18. The van der Waals surface area contributed by atoms with Gasteiger partial charge in [-0.1, -0.05) is 19.8 Å². The van der Waals surface area contributed by atoms with Gasteiger partial charge in [0, 0.05) is 13.0 Å². The van der Waals surface area contributed by atoms with E-state index in [9.17, 15) is 34.5 Å². The highest BCUT2D eigenvalue weighted by Crippen LogP contribution is 2.45. The number of hydrogen-bond acceptors (Lipinski definition) is 14. The number of fused-ring (bicyclic) bond motifs is 1. The van der Waals surface area contributed by atoms with Crippen LogP contribution in [0.5, 0.6) is 0 Å². The number of aromatic nitrogens is 4. The molecule has 0 radical (unpaired) electrons. The van der Waals surface area contributed by atoms with Gasteiger partial charge in [-0.15, -0.1) is 0 Å². The Morgan fingerprint density at radius 2 is 1.97 bits per heavy atom. The predicted octanol–water partition coefficient (Wildman–Crippen LogP) is -0.406. The lowest BCUT2D eigenvalue weighted by atomic mass is 10.1. The molecule has 3 heterocycles. The molecule has 18 heteroatoms. The second-order valence-corrected chi connectivity index (χ2v) is 10.4. The molecule has 39 heavy (non-hydrogen) atoms. The number of hydroxylamine groups is 2. The summed E-state index contributed by atoms with van der Waals surface area (Å²) in [7, 11) is -4.98. The summed E-state index contributed by atoms with van der Waals surface area (Å²) in [5.41, 5.74) is 11.9. The SMILES string of the molecule is CCCCCC(=O)N(O)CCC[C@H](N)C(=O)OP(=O)(O)OC[C@H]1O[C@@H](n2cnc3c(N)ncnc32)[C@H](O)[C@@H]1O. The fourth-order valence-electron chi connectivity index (χ4n) is 3.89. The number of ether oxygens (including phenoxy) is 1. The van der Waals surface area contributed by atoms with Crippen LogP contribution in [0.25, 0.3) is 11.2 Å². The van der Waals surface area contributed by atoms with Crippen molar-refractivity contribution in [1.82, 2.24) is 24.6 Å². The molecule has 0 aromatic carbocycles. The molecule has 17 nitrogen and oxygen atoms in total. The van der Waals surface area contributed by atoms with Crippen LogP contribution in [0.3, 0.4) is 0 Å². The third kappa shape index (κ3) is 7.89. The number of nitrogens with zero attached hydrogens (tertiary/aromatic N) is 5. The molecular formula is C21H34N7O10P. The summed E-state index contributed by atoms with van der Waals surface area (Å²) in [4.78, 5) is 45.8. The lowest BCUT2D eigenvalue weighted by Gasteiger charge is -2.19. The fourth-order valence-corrected chi connectivity index (χ4v) is 4.64. The van der Waals surface area contributed by atoms with Gasteiger partial charge in [0.1, 0.15) is 36.2 Å². The van der Waals surface area contributed by atoms with E-state index in [0.29, 0.717) is 11.5 Å². The van der Waals surface area contributed by atoms with Gasteiger partial charge in [-0.05, 0) is 19.3 Å². The molecule has 2 aromatic rings. The molecule has 2 aromatic heterocycles. The molecule has 1 saturated heterocycles. The lowest BCUT2D eigenvalue weighted by molar-refractivity contribution is -0.165. The number of nitrogens with two attached hydrogens (primary N) is 2. The minimum Gasteiger partial charge on any atom is -0.387 e. The highest BCUT2D eigenvalue weighted by molar-refractivity contribution is 7.48. The maximum atomic E-state index is 12.3. The van der Waals surface area contributed by atoms with Crippen LogP contribution in [0, 0.1) is 0 Å². The van der Waals surface area contributed by atoms with Gasteiger partial charge in [-0.3, -0.25) is 24.0 Å². The maximum Gasteiger partial charge on any atom is 0.529 e. The fraction of sp³-hybridized carbons (Fsp3) is 0.667. The van der Waals surface area contributed by atoms with Crippen LogP contribution in [0.2, 0.25) is 0 Å². The van der Waals surface area contributed by atoms with Gasteiger partial charge >= 0.3 is 13.8 Å². The Balaban J connectivity index is 1.46. The van der Waals surface area contributed by atoms with E-state index in [4.69, 9.17) is 20.7 Å². The first-order valence-corrected chi connectivity index (χ1v) is 13.8. The topological polar surface area (TPSA) is 259 Å². The Bertz CT molecular complexity index is 1180. The highest BCUT2D eigenvalue weighted by atomic mass is 31.2. The van der Waals surface area contributed by atoms with E-state index in [1.54, 1.807) is 0 Å². The molecule has 0 spiro atoms. The zero-order valence-electron chi connectivity index (χ0n) is 21.3. The van der Waals surface area contributed by atoms with Crippen molar-refractivity contribution in [2.24, 2.45) is 5.73 Å². The number of phosphoric acid groups is 1. The van der Waals surface area contributed by atoms with Crippen LogP contribution in [-0.2, 0) is 27.9 Å². The van der Waals surface area contributed by atoms with Gasteiger partial charge in [0.15, 0.2) is 17.7 Å². The first kappa shape index (κ1) is 30.8. The summed E-state index contributed by atoms with van der Waals surface area (Å²) in [5, 5.41) is 31.1. The number of nitrogen functional groups attached to an aromatic ring is 1. The molecule has 8 N–H and O–H groups in total. The third-order valence-corrected chi connectivity index (χ3v) is 6.96. The van der Waals surface area contributed by atoms with Gasteiger partial charge in [-0.25, -0.2) is 29.4 Å². The van der Waals surface area contributed by atoms with Gasteiger partial charge in [0.2, 0.25) is 5.91 Å². The molecule has 0 saturated carbocycles. The zero-order chi connectivity index (χ0) is 28.7. The van der Waals surface area contributed by atoms with Crippen LogP contribution in [0.15, 0.2) is 12.7 Å². The Morgan fingerprint density at radius 3 is 2.69 bits per heavy atom. The Morgan fingerprint density at radius 1 is 1.23 bits per heavy atom. The van der Waals surface area contributed by atoms with E-state index in [1.165, 1.54) is 17.2 Å². The summed E-state index contributed by atoms with van der Waals surface area (Å²) >= 11 is 0. The molecule has 218 valence electrons. The third-order valence-electron chi connectivity index (χ3n) is 6.08. The van der Waals surface area contributed by atoms with E-state index >= 15 is 0 Å². The number of imidazole rings is 1. The van der Waals surface area contributed by atoms with E-state index in [0.717, 1.165) is 12.8 Å². The first-order chi connectivity index (χ1) is 18.4. The van der Waals surface area contributed by atoms with Crippen molar-refractivity contribution < 1.29 is 48.3 Å². The van der Waals surface area contributed by atoms with Crippen molar-refractivity contribution in [2.45, 2.75) is 76.0 Å². The molecule has 1 unspecified atom stereocenters. The predicted molar refractivity (Wildman–Crippen MR) is 132 cm³/mol. The van der Waals surface area contributed by atoms with Gasteiger partial charge in [0.25, 0.3) is 0 Å². The van der Waals surface area contributed by atoms with Crippen molar-refractivity contribution in [3.05, 3.63) is 12.7 Å². The smallest absolute Gasteiger partial charge is 0.387 e. The number of unbranched alkanes of at least 4 members (excludes halogenated alkanes) is 2. The van der Waals surface area contributed by atoms with Crippen LogP contribution in [0.1, 0.15) is 51.7 Å². The second-order valence-electron chi connectivity index (χ2n) is 9.03. The Hall–Kier alpha value is -2.76. The quantitative estimate of drug-likeness (QED) is 0.0724. The van der Waals surface area contributed by atoms with Crippen LogP contribution in [0.4, 0.5) is 5.82 Å². The number of amides is 1. The van der Waals surface area contributed by atoms with Crippen molar-refractivity contribution in [2.75, 3.05) is 18.9 Å². The van der Waals surface area contributed by atoms with Crippen molar-refractivity contribution in [1.29, 1.82) is 0 Å². The normalized spacial score (nSPS) is 23.4. The van der Waals surface area contributed by atoms with Crippen LogP contribution in [-0.4, -0.2) is 94.3 Å². The number of carbonyl (C=O) groups is 2. The standard InChI is InChI=1S/C21H34N7O10P/c1-2-3-4-7-14(29)28(33)8-5-6-12(22)21(32)38-39(34,35)36-9-13-16(30)17(31)20(37-13)27-11-26-15-18(23)24-10-25-19(15)27/h10-13,16-17,20,30-31,33H,2-9,22H2,1H3,(H,34,35)(H2,23,24,25)/t12-,13+,16+,17+,20+/m0/s1. The number of anilines is 1. The molecule has 1 amide bonds. The molecule has 1 aliphatic rings. The Labute approximate surface area is 223 Å². The highest BCUT2D eigenvalue weighted by Gasteiger charge is 2.45. The zero-order valence-corrected chi connectivity index (χ0v) is 22.2. The summed E-state index contributed by atoms with van der Waals surface area (Å²) < 4.78 is 28.5. The molecule has 0 bridgehead atoms. The summed E-state index contributed by atoms with van der Waals surface area (Å²) in [6.07, 6.45) is -0.347. The minimum atomic E-state index is -4.98. The van der Waals surface area contributed by atoms with E-state index in [-0.39, 0.29) is 42.8 Å². The summed E-state index contributed by atoms with van der Waals surface area (Å²) in [5.74, 6) is -1.60. The molecule has 0 aliphatic carbocycles. The maximum absolute atomic E-state index is 12.3. The number of phosphoric ester groups is 1. The Kier molecular flexibility index (Phi) is 10.7. The molecule has 1 aliphatic heterocycles. The van der Waals surface area contributed by atoms with Crippen LogP contribution >= 0.6 is 7.82 Å². The molecule has 6 atom stereocenters. The summed E-state index contributed by atoms with van der Waals surface area (Å²) in [6, 6.07) is -1.33. The van der Waals surface area contributed by atoms with Gasteiger partial charge < -0.3 is 30.9 Å². The van der Waals surface area contributed by atoms with Crippen LogP contribution < -0.4 is 11.5 Å². The second kappa shape index (κ2) is 13.5. The lowest BCUT2D eigenvalue weighted by Crippen LogP contribution is -2.35. The van der Waals surface area contributed by atoms with E-state index in [2.05, 4.69) is 19.5 Å².